The van der Waals surface area contributed by atoms with Crippen molar-refractivity contribution in [3.05, 3.63) is 41.3 Å². The molecule has 3 aromatic rings. The highest BCUT2D eigenvalue weighted by Gasteiger charge is 2.21. The molecule has 0 saturated carbocycles. The van der Waals surface area contributed by atoms with Gasteiger partial charge < -0.3 is 14.8 Å². The van der Waals surface area contributed by atoms with Crippen LogP contribution in [0.1, 0.15) is 23.2 Å². The zero-order valence-corrected chi connectivity index (χ0v) is 13.7. The molecule has 0 saturated heterocycles. The van der Waals surface area contributed by atoms with Gasteiger partial charge in [-0.2, -0.15) is 14.6 Å². The Morgan fingerprint density at radius 1 is 1.21 bits per heavy atom. The van der Waals surface area contributed by atoms with Gasteiger partial charge in [0.15, 0.2) is 0 Å². The molecule has 1 N–H and O–H groups in total. The lowest BCUT2D eigenvalue weighted by atomic mass is 10.1. The molecule has 7 heteroatoms. The van der Waals surface area contributed by atoms with Gasteiger partial charge in [0.1, 0.15) is 23.6 Å². The van der Waals surface area contributed by atoms with Crippen LogP contribution in [0.25, 0.3) is 5.78 Å². The van der Waals surface area contributed by atoms with Gasteiger partial charge in [-0.1, -0.05) is 0 Å². The first-order chi connectivity index (χ1) is 11.8. The summed E-state index contributed by atoms with van der Waals surface area (Å²) in [4.78, 5) is 8.83. The fraction of sp³-hybridized carbons (Fsp3) is 0.353. The molecular formula is C17H19N5O2. The number of rotatable bonds is 5. The Morgan fingerprint density at radius 2 is 2.12 bits per heavy atom. The minimum absolute atomic E-state index is 0.603. The van der Waals surface area contributed by atoms with E-state index in [1.165, 1.54) is 11.9 Å². The third-order valence-corrected chi connectivity index (χ3v) is 4.38. The van der Waals surface area contributed by atoms with Gasteiger partial charge in [0.2, 0.25) is 0 Å². The quantitative estimate of drug-likeness (QED) is 0.775. The Kier molecular flexibility index (Phi) is 3.68. The highest BCUT2D eigenvalue weighted by Crippen LogP contribution is 2.30. The Balaban J connectivity index is 1.70. The lowest BCUT2D eigenvalue weighted by Gasteiger charge is -2.15. The summed E-state index contributed by atoms with van der Waals surface area (Å²) in [6, 6.07) is 5.78. The van der Waals surface area contributed by atoms with E-state index in [0.717, 1.165) is 47.8 Å². The van der Waals surface area contributed by atoms with Crippen molar-refractivity contribution < 1.29 is 9.47 Å². The van der Waals surface area contributed by atoms with Gasteiger partial charge in [-0.3, -0.25) is 0 Å². The monoisotopic (exact) mass is 325 g/mol. The number of hydrogen-bond donors (Lipinski definition) is 1. The largest absolute Gasteiger partial charge is 0.497 e. The van der Waals surface area contributed by atoms with E-state index in [-0.39, 0.29) is 0 Å². The average Bonchev–Trinajstić information content (AvgIpc) is 3.27. The highest BCUT2D eigenvalue weighted by molar-refractivity contribution is 5.55. The maximum absolute atomic E-state index is 5.46. The van der Waals surface area contributed by atoms with Crippen LogP contribution in [0.5, 0.6) is 11.5 Å². The van der Waals surface area contributed by atoms with Crippen molar-refractivity contribution in [2.75, 3.05) is 19.5 Å². The average molecular weight is 325 g/mol. The maximum Gasteiger partial charge on any atom is 0.254 e. The van der Waals surface area contributed by atoms with Crippen LogP contribution in [0.15, 0.2) is 24.5 Å². The van der Waals surface area contributed by atoms with Crippen molar-refractivity contribution in [1.29, 1.82) is 0 Å². The molecule has 1 aliphatic rings. The molecule has 0 atom stereocenters. The van der Waals surface area contributed by atoms with Gasteiger partial charge in [0, 0.05) is 17.7 Å². The van der Waals surface area contributed by atoms with E-state index in [1.54, 1.807) is 18.7 Å². The Labute approximate surface area is 139 Å². The van der Waals surface area contributed by atoms with E-state index in [0.29, 0.717) is 12.3 Å². The van der Waals surface area contributed by atoms with Gasteiger partial charge >= 0.3 is 0 Å². The molecule has 24 heavy (non-hydrogen) atoms. The van der Waals surface area contributed by atoms with E-state index < -0.39 is 0 Å². The Hall–Kier alpha value is -2.83. The molecule has 0 spiro atoms. The number of nitrogens with zero attached hydrogens (tertiary/aromatic N) is 4. The van der Waals surface area contributed by atoms with Crippen molar-refractivity contribution in [2.45, 2.75) is 25.8 Å². The number of ether oxygens (including phenoxy) is 2. The number of fused-ring (bicyclic) bond motifs is 2. The van der Waals surface area contributed by atoms with Gasteiger partial charge in [-0.05, 0) is 37.5 Å². The molecule has 7 nitrogen and oxygen atoms in total. The molecule has 2 aromatic heterocycles. The molecule has 0 fully saturated rings. The van der Waals surface area contributed by atoms with Crippen LogP contribution in [0.4, 0.5) is 5.82 Å². The summed E-state index contributed by atoms with van der Waals surface area (Å²) in [6.07, 6.45) is 4.66. The lowest BCUT2D eigenvalue weighted by Crippen LogP contribution is -2.11. The predicted octanol–water partition coefficient (Wildman–Crippen LogP) is 2.24. The normalized spacial score (nSPS) is 13.1. The van der Waals surface area contributed by atoms with Crippen molar-refractivity contribution in [2.24, 2.45) is 0 Å². The van der Waals surface area contributed by atoms with E-state index in [2.05, 4.69) is 20.4 Å². The summed E-state index contributed by atoms with van der Waals surface area (Å²) in [5.74, 6) is 3.23. The minimum atomic E-state index is 0.603. The zero-order chi connectivity index (χ0) is 16.5. The molecule has 2 heterocycles. The third kappa shape index (κ3) is 2.42. The topological polar surface area (TPSA) is 73.6 Å². The zero-order valence-electron chi connectivity index (χ0n) is 13.7. The molecule has 0 amide bonds. The molecule has 124 valence electrons. The van der Waals surface area contributed by atoms with Crippen LogP contribution in [0.2, 0.25) is 0 Å². The van der Waals surface area contributed by atoms with Crippen LogP contribution in [-0.2, 0) is 19.4 Å². The number of benzene rings is 1. The second kappa shape index (κ2) is 5.99. The molecule has 1 aromatic carbocycles. The summed E-state index contributed by atoms with van der Waals surface area (Å²) in [5.41, 5.74) is 3.37. The van der Waals surface area contributed by atoms with Crippen LogP contribution < -0.4 is 14.8 Å². The number of aryl methyl sites for hydroxylation is 1. The third-order valence-electron chi connectivity index (χ3n) is 4.38. The number of aromatic nitrogens is 4. The second-order valence-electron chi connectivity index (χ2n) is 5.74. The lowest BCUT2D eigenvalue weighted by molar-refractivity contribution is 0.399. The number of methoxy groups -OCH3 is 2. The van der Waals surface area contributed by atoms with E-state index >= 15 is 0 Å². The Morgan fingerprint density at radius 3 is 2.96 bits per heavy atom. The van der Waals surface area contributed by atoms with Crippen LogP contribution >= 0.6 is 0 Å². The van der Waals surface area contributed by atoms with Crippen molar-refractivity contribution in [1.82, 2.24) is 19.6 Å². The van der Waals surface area contributed by atoms with Gasteiger partial charge in [-0.15, -0.1) is 0 Å². The molecule has 0 radical (unpaired) electrons. The van der Waals surface area contributed by atoms with Crippen LogP contribution in [0.3, 0.4) is 0 Å². The first-order valence-electron chi connectivity index (χ1n) is 7.96. The predicted molar refractivity (Wildman–Crippen MR) is 89.7 cm³/mol. The van der Waals surface area contributed by atoms with Crippen LogP contribution in [0, 0.1) is 0 Å². The molecule has 0 unspecified atom stereocenters. The Bertz CT molecular complexity index is 890. The summed E-state index contributed by atoms with van der Waals surface area (Å²) >= 11 is 0. The molecule has 0 aliphatic heterocycles. The fourth-order valence-electron chi connectivity index (χ4n) is 3.20. The molecule has 4 rings (SSSR count). The molecule has 0 bridgehead atoms. The maximum atomic E-state index is 5.46. The van der Waals surface area contributed by atoms with Crippen molar-refractivity contribution in [3.63, 3.8) is 0 Å². The van der Waals surface area contributed by atoms with E-state index in [4.69, 9.17) is 9.47 Å². The van der Waals surface area contributed by atoms with Crippen molar-refractivity contribution >= 4 is 11.6 Å². The van der Waals surface area contributed by atoms with E-state index in [1.807, 2.05) is 18.2 Å². The number of anilines is 1. The number of nitrogens with one attached hydrogen (secondary N) is 1. The van der Waals surface area contributed by atoms with Crippen LogP contribution in [-0.4, -0.2) is 33.8 Å². The first-order valence-corrected chi connectivity index (χ1v) is 7.96. The molecule has 1 aliphatic carbocycles. The van der Waals surface area contributed by atoms with Gasteiger partial charge in [0.25, 0.3) is 5.78 Å². The standard InChI is InChI=1S/C17H19N5O2/c1-23-12-6-7-15(24-2)11(8-12)9-18-16-13-4-3-5-14(13)21-17-19-10-20-22(16)17/h6-8,10,18H,3-5,9H2,1-2H3. The minimum Gasteiger partial charge on any atom is -0.497 e. The highest BCUT2D eigenvalue weighted by atomic mass is 16.5. The summed E-state index contributed by atoms with van der Waals surface area (Å²) in [6.45, 7) is 0.603. The molecular weight excluding hydrogens is 306 g/mol. The second-order valence-corrected chi connectivity index (χ2v) is 5.74. The SMILES string of the molecule is COc1ccc(OC)c(CNc2c3c(nc4ncnn24)CCC3)c1. The first kappa shape index (κ1) is 14.7. The summed E-state index contributed by atoms with van der Waals surface area (Å²) in [7, 11) is 3.33. The van der Waals surface area contributed by atoms with E-state index in [9.17, 15) is 0 Å². The fourth-order valence-corrected chi connectivity index (χ4v) is 3.20. The van der Waals surface area contributed by atoms with Gasteiger partial charge in [0.05, 0.1) is 19.9 Å². The number of hydrogen-bond acceptors (Lipinski definition) is 6. The summed E-state index contributed by atoms with van der Waals surface area (Å²) in [5, 5.41) is 7.81. The van der Waals surface area contributed by atoms with Gasteiger partial charge in [-0.25, -0.2) is 4.98 Å². The van der Waals surface area contributed by atoms with Crippen molar-refractivity contribution in [3.8, 4) is 11.5 Å². The summed E-state index contributed by atoms with van der Waals surface area (Å²) < 4.78 is 12.5. The smallest absolute Gasteiger partial charge is 0.254 e.